The molecule has 0 bridgehead atoms. The van der Waals surface area contributed by atoms with Crippen LogP contribution in [0.5, 0.6) is 0 Å². The molecule has 1 aliphatic heterocycles. The number of carbonyl (C=O) groups excluding carboxylic acids is 1. The molecule has 28 heavy (non-hydrogen) atoms. The molecule has 2 atom stereocenters. The second-order valence-electron chi connectivity index (χ2n) is 8.35. The summed E-state index contributed by atoms with van der Waals surface area (Å²) in [5.41, 5.74) is 4.91. The quantitative estimate of drug-likeness (QED) is 0.722. The Labute approximate surface area is 169 Å². The van der Waals surface area contributed by atoms with Crippen molar-refractivity contribution in [2.45, 2.75) is 66.0 Å². The maximum Gasteiger partial charge on any atom is 0.255 e. The first kappa shape index (κ1) is 20.6. The van der Waals surface area contributed by atoms with Crippen LogP contribution in [0.25, 0.3) is 0 Å². The van der Waals surface area contributed by atoms with Gasteiger partial charge in [0.1, 0.15) is 0 Å². The minimum Gasteiger partial charge on any atom is -0.352 e. The number of aryl methyl sites for hydroxylation is 2. The predicted molar refractivity (Wildman–Crippen MR) is 113 cm³/mol. The van der Waals surface area contributed by atoms with Gasteiger partial charge >= 0.3 is 0 Å². The summed E-state index contributed by atoms with van der Waals surface area (Å²) in [6, 6.07) is 9.22. The van der Waals surface area contributed by atoms with Crippen molar-refractivity contribution in [3.63, 3.8) is 0 Å². The van der Waals surface area contributed by atoms with Gasteiger partial charge in [-0.1, -0.05) is 29.8 Å². The Kier molecular flexibility index (Phi) is 6.89. The zero-order valence-corrected chi connectivity index (χ0v) is 17.8. The molecule has 1 aromatic heterocycles. The molecule has 0 spiro atoms. The van der Waals surface area contributed by atoms with Crippen LogP contribution in [0.2, 0.25) is 0 Å². The number of quaternary nitrogens is 1. The van der Waals surface area contributed by atoms with E-state index >= 15 is 0 Å². The Hall–Kier alpha value is -2.14. The van der Waals surface area contributed by atoms with Crippen molar-refractivity contribution in [1.82, 2.24) is 15.1 Å². The first-order valence-electron chi connectivity index (χ1n) is 10.7. The molecule has 0 radical (unpaired) electrons. The zero-order chi connectivity index (χ0) is 20.1. The maximum absolute atomic E-state index is 12.7. The molecule has 3 rings (SSSR count). The van der Waals surface area contributed by atoms with Crippen molar-refractivity contribution in [1.29, 1.82) is 0 Å². The van der Waals surface area contributed by atoms with E-state index in [9.17, 15) is 4.79 Å². The molecule has 1 fully saturated rings. The maximum atomic E-state index is 12.7. The fourth-order valence-corrected chi connectivity index (χ4v) is 4.28. The minimum absolute atomic E-state index is 0.00634. The van der Waals surface area contributed by atoms with E-state index in [4.69, 9.17) is 0 Å². The smallest absolute Gasteiger partial charge is 0.255 e. The molecule has 152 valence electrons. The van der Waals surface area contributed by atoms with E-state index in [2.05, 4.69) is 48.5 Å². The Bertz CT molecular complexity index is 794. The number of benzene rings is 1. The lowest BCUT2D eigenvalue weighted by molar-refractivity contribution is -0.928. The summed E-state index contributed by atoms with van der Waals surface area (Å²) in [4.78, 5) is 14.4. The fourth-order valence-electron chi connectivity index (χ4n) is 4.28. The zero-order valence-electron chi connectivity index (χ0n) is 17.8. The lowest BCUT2D eigenvalue weighted by Gasteiger charge is -2.30. The van der Waals surface area contributed by atoms with Gasteiger partial charge in [0, 0.05) is 18.7 Å². The number of hydrogen-bond acceptors (Lipinski definition) is 2. The van der Waals surface area contributed by atoms with Crippen molar-refractivity contribution >= 4 is 5.91 Å². The molecular formula is C23H35N4O+. The lowest BCUT2D eigenvalue weighted by Crippen LogP contribution is -3.16. The third kappa shape index (κ3) is 5.02. The highest BCUT2D eigenvalue weighted by Gasteiger charge is 2.22. The van der Waals surface area contributed by atoms with Crippen LogP contribution in [0.1, 0.15) is 65.5 Å². The molecule has 2 heterocycles. The molecule has 5 nitrogen and oxygen atoms in total. The van der Waals surface area contributed by atoms with E-state index in [1.54, 1.807) is 4.90 Å². The number of nitrogens with zero attached hydrogens (tertiary/aromatic N) is 2. The van der Waals surface area contributed by atoms with Crippen LogP contribution in [0.4, 0.5) is 0 Å². The van der Waals surface area contributed by atoms with Gasteiger partial charge < -0.3 is 10.2 Å². The van der Waals surface area contributed by atoms with Crippen LogP contribution in [-0.2, 0) is 6.54 Å². The summed E-state index contributed by atoms with van der Waals surface area (Å²) in [7, 11) is 0. The van der Waals surface area contributed by atoms with Gasteiger partial charge in [0.15, 0.2) is 0 Å². The molecule has 1 aromatic carbocycles. The van der Waals surface area contributed by atoms with Crippen LogP contribution in [0, 0.1) is 20.8 Å². The third-order valence-electron chi connectivity index (χ3n) is 6.10. The molecule has 2 N–H and O–H groups in total. The van der Waals surface area contributed by atoms with Crippen LogP contribution in [-0.4, -0.2) is 41.4 Å². The normalized spacial score (nSPS) is 19.6. The summed E-state index contributed by atoms with van der Waals surface area (Å²) in [5, 5.41) is 7.73. The van der Waals surface area contributed by atoms with Crippen molar-refractivity contribution in [3.05, 3.63) is 52.3 Å². The molecule has 0 aliphatic carbocycles. The number of rotatable bonds is 7. The van der Waals surface area contributed by atoms with Crippen LogP contribution in [0.3, 0.4) is 0 Å². The average molecular weight is 384 g/mol. The monoisotopic (exact) mass is 383 g/mol. The highest BCUT2D eigenvalue weighted by atomic mass is 16.1. The van der Waals surface area contributed by atoms with Crippen molar-refractivity contribution in [2.75, 3.05) is 19.6 Å². The molecule has 2 aromatic rings. The number of nitrogens with one attached hydrogen (secondary N) is 2. The van der Waals surface area contributed by atoms with E-state index in [1.807, 2.05) is 18.5 Å². The van der Waals surface area contributed by atoms with Crippen LogP contribution >= 0.6 is 0 Å². The Morgan fingerprint density at radius 2 is 1.96 bits per heavy atom. The molecule has 0 saturated carbocycles. The lowest BCUT2D eigenvalue weighted by atomic mass is 10.0. The number of hydrogen-bond donors (Lipinski definition) is 2. The number of aromatic nitrogens is 2. The second kappa shape index (κ2) is 9.37. The molecule has 1 saturated heterocycles. The number of likely N-dealkylation sites (tertiary alicyclic amines) is 1. The van der Waals surface area contributed by atoms with E-state index in [1.165, 1.54) is 36.9 Å². The Balaban J connectivity index is 1.54. The van der Waals surface area contributed by atoms with Crippen LogP contribution in [0.15, 0.2) is 24.3 Å². The average Bonchev–Trinajstić information content (AvgIpc) is 2.95. The van der Waals surface area contributed by atoms with E-state index < -0.39 is 0 Å². The number of piperidine rings is 1. The number of carbonyl (C=O) groups is 1. The fraction of sp³-hybridized carbons (Fsp3) is 0.565. The predicted octanol–water partition coefficient (Wildman–Crippen LogP) is 2.43. The first-order valence-corrected chi connectivity index (χ1v) is 10.7. The van der Waals surface area contributed by atoms with Crippen molar-refractivity contribution in [3.8, 4) is 0 Å². The summed E-state index contributed by atoms with van der Waals surface area (Å²) in [5.74, 6) is 0.00634. The largest absolute Gasteiger partial charge is 0.352 e. The number of amides is 1. The molecular weight excluding hydrogens is 348 g/mol. The van der Waals surface area contributed by atoms with Gasteiger partial charge in [0.05, 0.1) is 36.9 Å². The first-order chi connectivity index (χ1) is 13.5. The van der Waals surface area contributed by atoms with E-state index in [0.29, 0.717) is 6.54 Å². The molecule has 1 aliphatic rings. The van der Waals surface area contributed by atoms with E-state index in [-0.39, 0.29) is 5.91 Å². The van der Waals surface area contributed by atoms with Gasteiger partial charge in [-0.25, -0.2) is 0 Å². The van der Waals surface area contributed by atoms with Gasteiger partial charge in [-0.2, -0.15) is 5.10 Å². The van der Waals surface area contributed by atoms with Gasteiger partial charge in [-0.05, 0) is 52.5 Å². The van der Waals surface area contributed by atoms with Gasteiger partial charge in [-0.3, -0.25) is 9.48 Å². The van der Waals surface area contributed by atoms with Gasteiger partial charge in [-0.15, -0.1) is 0 Å². The summed E-state index contributed by atoms with van der Waals surface area (Å²) < 4.78 is 1.94. The summed E-state index contributed by atoms with van der Waals surface area (Å²) in [6.07, 6.45) is 5.07. The summed E-state index contributed by atoms with van der Waals surface area (Å²) in [6.45, 7) is 12.2. The van der Waals surface area contributed by atoms with Crippen molar-refractivity contribution < 1.29 is 9.69 Å². The van der Waals surface area contributed by atoms with E-state index in [0.717, 1.165) is 42.5 Å². The van der Waals surface area contributed by atoms with Crippen molar-refractivity contribution in [2.24, 2.45) is 0 Å². The van der Waals surface area contributed by atoms with Gasteiger partial charge in [0.2, 0.25) is 0 Å². The summed E-state index contributed by atoms with van der Waals surface area (Å²) >= 11 is 0. The minimum atomic E-state index is 0.00634. The molecule has 5 heteroatoms. The molecule has 1 unspecified atom stereocenters. The highest BCUT2D eigenvalue weighted by Crippen LogP contribution is 2.15. The Morgan fingerprint density at radius 1 is 1.21 bits per heavy atom. The Morgan fingerprint density at radius 3 is 2.68 bits per heavy atom. The SMILES string of the molecule is Cc1ccc(Cn2nc(C)c(C(=O)NCCC[NH+]3CCCC[C@@H]3C)c2C)cc1. The topological polar surface area (TPSA) is 51.4 Å². The second-order valence-corrected chi connectivity index (χ2v) is 8.35. The third-order valence-corrected chi connectivity index (χ3v) is 6.10. The highest BCUT2D eigenvalue weighted by molar-refractivity contribution is 5.96. The standard InChI is InChI=1S/C23H34N4O/c1-17-9-11-21(12-10-17)16-27-20(4)22(19(3)25-27)23(28)24-13-7-15-26-14-6-5-8-18(26)2/h9-12,18H,5-8,13-16H2,1-4H3,(H,24,28)/p+1/t18-/m0/s1. The van der Waals surface area contributed by atoms with Crippen LogP contribution < -0.4 is 10.2 Å². The van der Waals surface area contributed by atoms with Gasteiger partial charge in [0.25, 0.3) is 5.91 Å². The molecule has 1 amide bonds.